The second-order valence-corrected chi connectivity index (χ2v) is 5.11. The molecule has 0 aliphatic carbocycles. The molecule has 4 heteroatoms. The summed E-state index contributed by atoms with van der Waals surface area (Å²) in [6.45, 7) is 5.66. The van der Waals surface area contributed by atoms with Crippen molar-refractivity contribution in [1.29, 1.82) is 0 Å². The lowest BCUT2D eigenvalue weighted by atomic mass is 10.3. The van der Waals surface area contributed by atoms with Crippen molar-refractivity contribution in [3.05, 3.63) is 30.1 Å². The maximum Gasteiger partial charge on any atom is 0.305 e. The summed E-state index contributed by atoms with van der Waals surface area (Å²) in [7, 11) is 0. The van der Waals surface area contributed by atoms with Crippen LogP contribution in [0.4, 0.5) is 0 Å². The predicted octanol–water partition coefficient (Wildman–Crippen LogP) is 1.89. The number of hydrogen-bond acceptors (Lipinski definition) is 2. The molecule has 4 nitrogen and oxygen atoms in total. The fraction of sp³-hybridized carbons (Fsp3) is 0.500. The van der Waals surface area contributed by atoms with E-state index in [1.807, 2.05) is 33.4 Å². The fourth-order valence-corrected chi connectivity index (χ4v) is 2.60. The number of carboxylic acids is 1. The third kappa shape index (κ3) is 2.69. The van der Waals surface area contributed by atoms with Gasteiger partial charge in [-0.3, -0.25) is 0 Å². The number of carbonyl (C=O) groups is 1. The van der Waals surface area contributed by atoms with Gasteiger partial charge in [-0.25, -0.2) is 9.13 Å². The van der Waals surface area contributed by atoms with Crippen molar-refractivity contribution in [2.45, 2.75) is 52.6 Å². The molecule has 0 N–H and O–H groups in total. The zero-order valence-corrected chi connectivity index (χ0v) is 12.3. The molecule has 2 aromatic rings. The van der Waals surface area contributed by atoms with Gasteiger partial charge in [0, 0.05) is 0 Å². The zero-order valence-electron chi connectivity index (χ0n) is 12.3. The standard InChI is InChI=1S/C16H22N2O2/c1-3-5-11-17-13-9-7-8-10-14(13)18(12-6-4-2)15(17)16(19)20/h7-10H,3-6,11-12H2,1-2H3. The number of para-hydroxylation sites is 2. The van der Waals surface area contributed by atoms with E-state index in [2.05, 4.69) is 13.8 Å². The summed E-state index contributed by atoms with van der Waals surface area (Å²) in [5.41, 5.74) is 1.97. The van der Waals surface area contributed by atoms with Gasteiger partial charge in [-0.2, -0.15) is 0 Å². The lowest BCUT2D eigenvalue weighted by molar-refractivity contribution is -0.677. The second kappa shape index (κ2) is 6.55. The lowest BCUT2D eigenvalue weighted by Gasteiger charge is -2.05. The van der Waals surface area contributed by atoms with E-state index in [0.29, 0.717) is 5.82 Å². The molecule has 0 spiro atoms. The normalized spacial score (nSPS) is 11.1. The number of unbranched alkanes of at least 4 members (excludes halogenated alkanes) is 2. The van der Waals surface area contributed by atoms with Gasteiger partial charge in [-0.05, 0) is 25.0 Å². The molecule has 0 bridgehead atoms. The number of carboxylic acid groups (broad SMARTS) is 1. The second-order valence-electron chi connectivity index (χ2n) is 5.11. The first kappa shape index (κ1) is 14.6. The highest BCUT2D eigenvalue weighted by molar-refractivity contribution is 5.85. The molecule has 0 saturated heterocycles. The molecule has 1 heterocycles. The number of imidazole rings is 1. The van der Waals surface area contributed by atoms with Crippen LogP contribution in [0, 0.1) is 0 Å². The number of fused-ring (bicyclic) bond motifs is 1. The number of benzene rings is 1. The first-order valence-electron chi connectivity index (χ1n) is 7.43. The SMILES string of the molecule is CCCCn1c(C(=O)[O-])[n+](CCCC)c2ccccc21. The van der Waals surface area contributed by atoms with Gasteiger partial charge in [-0.15, -0.1) is 0 Å². The van der Waals surface area contributed by atoms with E-state index in [9.17, 15) is 9.90 Å². The highest BCUT2D eigenvalue weighted by atomic mass is 16.4. The Kier molecular flexibility index (Phi) is 4.77. The quantitative estimate of drug-likeness (QED) is 0.724. The van der Waals surface area contributed by atoms with Gasteiger partial charge in [0.25, 0.3) is 0 Å². The molecule has 0 aliphatic rings. The van der Waals surface area contributed by atoms with E-state index in [4.69, 9.17) is 0 Å². The zero-order chi connectivity index (χ0) is 14.5. The van der Waals surface area contributed by atoms with Gasteiger partial charge in [0.2, 0.25) is 0 Å². The maximum absolute atomic E-state index is 11.6. The van der Waals surface area contributed by atoms with Crippen LogP contribution < -0.4 is 9.67 Å². The molecule has 0 unspecified atom stereocenters. The van der Waals surface area contributed by atoms with E-state index in [1.54, 1.807) is 0 Å². The van der Waals surface area contributed by atoms with Crippen molar-refractivity contribution >= 4 is 17.0 Å². The summed E-state index contributed by atoms with van der Waals surface area (Å²) in [5.74, 6) is -0.790. The van der Waals surface area contributed by atoms with Crippen molar-refractivity contribution in [3.63, 3.8) is 0 Å². The van der Waals surface area contributed by atoms with E-state index in [-0.39, 0.29) is 0 Å². The van der Waals surface area contributed by atoms with Crippen LogP contribution in [0.3, 0.4) is 0 Å². The van der Waals surface area contributed by atoms with Gasteiger partial charge in [0.1, 0.15) is 0 Å². The van der Waals surface area contributed by atoms with Crippen LogP contribution in [0.25, 0.3) is 11.0 Å². The summed E-state index contributed by atoms with van der Waals surface area (Å²) < 4.78 is 3.79. The van der Waals surface area contributed by atoms with Crippen LogP contribution in [0.1, 0.15) is 50.1 Å². The van der Waals surface area contributed by atoms with Gasteiger partial charge in [-0.1, -0.05) is 38.8 Å². The van der Waals surface area contributed by atoms with Crippen molar-refractivity contribution in [2.75, 3.05) is 0 Å². The number of aryl methyl sites for hydroxylation is 2. The Balaban J connectivity index is 2.61. The van der Waals surface area contributed by atoms with E-state index in [1.165, 1.54) is 0 Å². The van der Waals surface area contributed by atoms with Gasteiger partial charge < -0.3 is 9.90 Å². The minimum atomic E-state index is -1.09. The van der Waals surface area contributed by atoms with Gasteiger partial charge in [0.05, 0.1) is 13.1 Å². The highest BCUT2D eigenvalue weighted by Crippen LogP contribution is 2.16. The highest BCUT2D eigenvalue weighted by Gasteiger charge is 2.24. The number of carbonyl (C=O) groups excluding carboxylic acids is 1. The largest absolute Gasteiger partial charge is 0.538 e. The maximum atomic E-state index is 11.6. The molecule has 108 valence electrons. The van der Waals surface area contributed by atoms with Crippen LogP contribution in [0.15, 0.2) is 24.3 Å². The smallest absolute Gasteiger partial charge is 0.305 e. The average molecular weight is 274 g/mol. The predicted molar refractivity (Wildman–Crippen MR) is 76.3 cm³/mol. The molecule has 0 atom stereocenters. The van der Waals surface area contributed by atoms with Gasteiger partial charge in [0.15, 0.2) is 17.0 Å². The topological polar surface area (TPSA) is 48.9 Å². The van der Waals surface area contributed by atoms with Gasteiger partial charge >= 0.3 is 5.82 Å². The monoisotopic (exact) mass is 274 g/mol. The van der Waals surface area contributed by atoms with Crippen LogP contribution >= 0.6 is 0 Å². The molecule has 1 aromatic carbocycles. The van der Waals surface area contributed by atoms with E-state index >= 15 is 0 Å². The number of aromatic carboxylic acids is 1. The van der Waals surface area contributed by atoms with Crippen molar-refractivity contribution in [2.24, 2.45) is 0 Å². The Hall–Kier alpha value is -1.84. The number of nitrogens with zero attached hydrogens (tertiary/aromatic N) is 2. The first-order valence-corrected chi connectivity index (χ1v) is 7.43. The van der Waals surface area contributed by atoms with E-state index in [0.717, 1.165) is 49.8 Å². The Bertz CT molecular complexity index is 557. The molecule has 0 amide bonds. The molecule has 0 saturated carbocycles. The Labute approximate surface area is 119 Å². The summed E-state index contributed by atoms with van der Waals surface area (Å²) in [6.07, 6.45) is 4.00. The molecule has 20 heavy (non-hydrogen) atoms. The van der Waals surface area contributed by atoms with Crippen LogP contribution in [0.5, 0.6) is 0 Å². The van der Waals surface area contributed by atoms with Crippen LogP contribution in [0.2, 0.25) is 0 Å². The molecule has 1 aromatic heterocycles. The summed E-state index contributed by atoms with van der Waals surface area (Å²) >= 11 is 0. The van der Waals surface area contributed by atoms with Crippen LogP contribution in [-0.4, -0.2) is 10.5 Å². The minimum absolute atomic E-state index is 0.299. The number of rotatable bonds is 7. The third-order valence-electron chi connectivity index (χ3n) is 3.63. The summed E-state index contributed by atoms with van der Waals surface area (Å²) in [4.78, 5) is 11.6. The summed E-state index contributed by atoms with van der Waals surface area (Å²) in [6, 6.07) is 7.88. The Morgan fingerprint density at radius 3 is 2.55 bits per heavy atom. The first-order chi connectivity index (χ1) is 9.70. The fourth-order valence-electron chi connectivity index (χ4n) is 2.60. The van der Waals surface area contributed by atoms with E-state index < -0.39 is 5.97 Å². The molecule has 0 fully saturated rings. The number of hydrogen-bond donors (Lipinski definition) is 0. The lowest BCUT2D eigenvalue weighted by Crippen LogP contribution is -2.45. The Morgan fingerprint density at radius 2 is 1.90 bits per heavy atom. The van der Waals surface area contributed by atoms with Crippen molar-refractivity contribution < 1.29 is 14.5 Å². The minimum Gasteiger partial charge on any atom is -0.538 e. The average Bonchev–Trinajstić information content (AvgIpc) is 2.77. The number of aromatic nitrogens is 2. The molecule has 0 aliphatic heterocycles. The van der Waals surface area contributed by atoms with Crippen LogP contribution in [-0.2, 0) is 13.1 Å². The third-order valence-corrected chi connectivity index (χ3v) is 3.63. The van der Waals surface area contributed by atoms with Crippen molar-refractivity contribution in [1.82, 2.24) is 4.57 Å². The Morgan fingerprint density at radius 1 is 1.20 bits per heavy atom. The molecular weight excluding hydrogens is 252 g/mol. The van der Waals surface area contributed by atoms with Crippen molar-refractivity contribution in [3.8, 4) is 0 Å². The molecule has 2 rings (SSSR count). The molecular formula is C16H22N2O2. The molecule has 0 radical (unpaired) electrons. The summed E-state index contributed by atoms with van der Waals surface area (Å²) in [5, 5.41) is 11.6.